The van der Waals surface area contributed by atoms with E-state index >= 15 is 0 Å². The third kappa shape index (κ3) is 2.07. The number of nitrogens with one attached hydrogen (secondary N) is 1. The van der Waals surface area contributed by atoms with Crippen molar-refractivity contribution in [3.63, 3.8) is 0 Å². The molecule has 1 aromatic rings. The number of hydrogen-bond acceptors (Lipinski definition) is 3. The molecule has 3 rings (SSSR count). The molecular formula is C12H18N4O. The first kappa shape index (κ1) is 10.8. The van der Waals surface area contributed by atoms with Crippen molar-refractivity contribution in [3.8, 4) is 0 Å². The van der Waals surface area contributed by atoms with Crippen LogP contribution in [-0.2, 0) is 11.3 Å². The van der Waals surface area contributed by atoms with Gasteiger partial charge in [0.2, 0.25) is 5.91 Å². The van der Waals surface area contributed by atoms with Gasteiger partial charge in [0.05, 0.1) is 12.0 Å². The van der Waals surface area contributed by atoms with E-state index in [-0.39, 0.29) is 11.9 Å². The second-order valence-electron chi connectivity index (χ2n) is 5.01. The summed E-state index contributed by atoms with van der Waals surface area (Å²) in [4.78, 5) is 17.9. The summed E-state index contributed by atoms with van der Waals surface area (Å²) >= 11 is 0. The number of likely N-dealkylation sites (tertiary alicyclic amines) is 1. The van der Waals surface area contributed by atoms with Gasteiger partial charge in [-0.25, -0.2) is 4.98 Å². The largest absolute Gasteiger partial charge is 0.344 e. The van der Waals surface area contributed by atoms with Gasteiger partial charge in [0.15, 0.2) is 0 Å². The third-order valence-corrected chi connectivity index (χ3v) is 3.63. The van der Waals surface area contributed by atoms with Crippen LogP contribution in [0.25, 0.3) is 0 Å². The predicted octanol–water partition coefficient (Wildman–Crippen LogP) is 0.538. The van der Waals surface area contributed by atoms with Crippen molar-refractivity contribution >= 4 is 5.91 Å². The van der Waals surface area contributed by atoms with Crippen LogP contribution in [0.3, 0.4) is 0 Å². The minimum absolute atomic E-state index is 0.0431. The maximum absolute atomic E-state index is 12.0. The van der Waals surface area contributed by atoms with Gasteiger partial charge in [-0.3, -0.25) is 4.79 Å². The van der Waals surface area contributed by atoms with E-state index in [2.05, 4.69) is 10.3 Å². The first-order valence-electron chi connectivity index (χ1n) is 6.25. The molecule has 1 N–H and O–H groups in total. The average Bonchev–Trinajstić information content (AvgIpc) is 2.95. The van der Waals surface area contributed by atoms with E-state index in [1.165, 1.54) is 12.8 Å². The van der Waals surface area contributed by atoms with Crippen molar-refractivity contribution in [2.24, 2.45) is 0 Å². The van der Waals surface area contributed by atoms with Crippen molar-refractivity contribution in [2.75, 3.05) is 13.6 Å². The topological polar surface area (TPSA) is 50.2 Å². The van der Waals surface area contributed by atoms with Gasteiger partial charge < -0.3 is 14.8 Å². The summed E-state index contributed by atoms with van der Waals surface area (Å²) in [6.07, 6.45) is 7.09. The standard InChI is InChI=1S/C12H18N4O/c1-15-5-4-11(12(15)17)16-8-13-6-10(16)7-14-9-2-3-9/h6,8-9,11,14H,2-5,7H2,1H3. The lowest BCUT2D eigenvalue weighted by atomic mass is 10.2. The van der Waals surface area contributed by atoms with Gasteiger partial charge in [-0.15, -0.1) is 0 Å². The summed E-state index contributed by atoms with van der Waals surface area (Å²) in [7, 11) is 1.86. The molecule has 1 saturated heterocycles. The van der Waals surface area contributed by atoms with Gasteiger partial charge >= 0.3 is 0 Å². The molecule has 5 nitrogen and oxygen atoms in total. The summed E-state index contributed by atoms with van der Waals surface area (Å²) in [5.74, 6) is 0.204. The molecule has 0 radical (unpaired) electrons. The molecule has 2 aliphatic rings. The van der Waals surface area contributed by atoms with Crippen LogP contribution >= 0.6 is 0 Å². The molecule has 92 valence electrons. The van der Waals surface area contributed by atoms with E-state index in [0.717, 1.165) is 25.2 Å². The molecule has 1 aromatic heterocycles. The molecular weight excluding hydrogens is 216 g/mol. The van der Waals surface area contributed by atoms with Crippen LogP contribution in [-0.4, -0.2) is 40.0 Å². The lowest BCUT2D eigenvalue weighted by molar-refractivity contribution is -0.129. The Bertz CT molecular complexity index is 424. The zero-order valence-corrected chi connectivity index (χ0v) is 10.1. The van der Waals surface area contributed by atoms with Crippen LogP contribution in [0.4, 0.5) is 0 Å². The molecule has 1 unspecified atom stereocenters. The van der Waals surface area contributed by atoms with Crippen LogP contribution in [0.1, 0.15) is 31.0 Å². The summed E-state index contributed by atoms with van der Waals surface area (Å²) in [6, 6.07) is 0.638. The number of nitrogens with zero attached hydrogens (tertiary/aromatic N) is 3. The van der Waals surface area contributed by atoms with E-state index in [0.29, 0.717) is 6.04 Å². The zero-order valence-electron chi connectivity index (χ0n) is 10.1. The minimum Gasteiger partial charge on any atom is -0.344 e. The highest BCUT2D eigenvalue weighted by molar-refractivity contribution is 5.82. The fourth-order valence-corrected chi connectivity index (χ4v) is 2.35. The van der Waals surface area contributed by atoms with Crippen LogP contribution in [0.5, 0.6) is 0 Å². The fraction of sp³-hybridized carbons (Fsp3) is 0.667. The van der Waals surface area contributed by atoms with Crippen LogP contribution < -0.4 is 5.32 Å². The molecule has 17 heavy (non-hydrogen) atoms. The second-order valence-corrected chi connectivity index (χ2v) is 5.01. The fourth-order valence-electron chi connectivity index (χ4n) is 2.35. The van der Waals surface area contributed by atoms with Crippen LogP contribution in [0.2, 0.25) is 0 Å². The van der Waals surface area contributed by atoms with E-state index in [1.54, 1.807) is 11.2 Å². The quantitative estimate of drug-likeness (QED) is 0.827. The molecule has 1 aliphatic carbocycles. The predicted molar refractivity (Wildman–Crippen MR) is 63.4 cm³/mol. The van der Waals surface area contributed by atoms with Gasteiger partial charge in [-0.05, 0) is 19.3 Å². The lowest BCUT2D eigenvalue weighted by Gasteiger charge is -2.15. The Labute approximate surface area is 101 Å². The monoisotopic (exact) mass is 234 g/mol. The highest BCUT2D eigenvalue weighted by Gasteiger charge is 2.31. The average molecular weight is 234 g/mol. The maximum atomic E-state index is 12.0. The minimum atomic E-state index is -0.0431. The second kappa shape index (κ2) is 4.14. The van der Waals surface area contributed by atoms with Crippen molar-refractivity contribution < 1.29 is 4.79 Å². The third-order valence-electron chi connectivity index (χ3n) is 3.63. The number of rotatable bonds is 4. The highest BCUT2D eigenvalue weighted by atomic mass is 16.2. The zero-order chi connectivity index (χ0) is 11.8. The summed E-state index contributed by atoms with van der Waals surface area (Å²) < 4.78 is 2.03. The van der Waals surface area contributed by atoms with Crippen LogP contribution in [0.15, 0.2) is 12.5 Å². The number of carbonyl (C=O) groups is 1. The van der Waals surface area contributed by atoms with E-state index < -0.39 is 0 Å². The Morgan fingerprint density at radius 1 is 1.47 bits per heavy atom. The molecule has 1 atom stereocenters. The summed E-state index contributed by atoms with van der Waals surface area (Å²) in [6.45, 7) is 1.66. The molecule has 1 amide bonds. The van der Waals surface area contributed by atoms with E-state index in [4.69, 9.17) is 0 Å². The first-order chi connectivity index (χ1) is 8.25. The number of amides is 1. The van der Waals surface area contributed by atoms with Gasteiger partial charge in [-0.1, -0.05) is 0 Å². The van der Waals surface area contributed by atoms with Crippen molar-refractivity contribution in [2.45, 2.75) is 37.9 Å². The SMILES string of the molecule is CN1CCC(n2cncc2CNC2CC2)C1=O. The normalized spacial score (nSPS) is 24.6. The Hall–Kier alpha value is -1.36. The van der Waals surface area contributed by atoms with Crippen molar-refractivity contribution in [3.05, 3.63) is 18.2 Å². The molecule has 0 bridgehead atoms. The Balaban J connectivity index is 1.73. The van der Waals surface area contributed by atoms with Crippen molar-refractivity contribution in [1.29, 1.82) is 0 Å². The molecule has 0 spiro atoms. The Morgan fingerprint density at radius 2 is 2.29 bits per heavy atom. The Kier molecular flexibility index (Phi) is 2.63. The van der Waals surface area contributed by atoms with Crippen LogP contribution in [0, 0.1) is 0 Å². The maximum Gasteiger partial charge on any atom is 0.245 e. The summed E-state index contributed by atoms with van der Waals surface area (Å²) in [5.41, 5.74) is 1.12. The van der Waals surface area contributed by atoms with Gasteiger partial charge in [0, 0.05) is 32.4 Å². The smallest absolute Gasteiger partial charge is 0.245 e. The summed E-state index contributed by atoms with van der Waals surface area (Å²) in [5, 5.41) is 3.46. The molecule has 0 aromatic carbocycles. The Morgan fingerprint density at radius 3 is 2.94 bits per heavy atom. The van der Waals surface area contributed by atoms with E-state index in [1.807, 2.05) is 17.8 Å². The number of likely N-dealkylation sites (N-methyl/N-ethyl adjacent to an activating group) is 1. The molecule has 2 heterocycles. The van der Waals surface area contributed by atoms with Crippen molar-refractivity contribution in [1.82, 2.24) is 19.8 Å². The highest BCUT2D eigenvalue weighted by Crippen LogP contribution is 2.24. The number of aromatic nitrogens is 2. The number of imidazole rings is 1. The van der Waals surface area contributed by atoms with E-state index in [9.17, 15) is 4.79 Å². The van der Waals surface area contributed by atoms with Gasteiger partial charge in [-0.2, -0.15) is 0 Å². The number of hydrogen-bond donors (Lipinski definition) is 1. The molecule has 1 aliphatic heterocycles. The molecule has 5 heteroatoms. The first-order valence-corrected chi connectivity index (χ1v) is 6.25. The molecule has 2 fully saturated rings. The lowest BCUT2D eigenvalue weighted by Crippen LogP contribution is -2.26. The number of carbonyl (C=O) groups excluding carboxylic acids is 1. The van der Waals surface area contributed by atoms with Gasteiger partial charge in [0.25, 0.3) is 0 Å². The van der Waals surface area contributed by atoms with Gasteiger partial charge in [0.1, 0.15) is 6.04 Å². The molecule has 1 saturated carbocycles.